The van der Waals surface area contributed by atoms with E-state index in [0.717, 1.165) is 4.47 Å². The highest BCUT2D eigenvalue weighted by Crippen LogP contribution is 2.21. The molecule has 0 radical (unpaired) electrons. The number of carbonyl (C=O) groups excluding carboxylic acids is 1. The van der Waals surface area contributed by atoms with Gasteiger partial charge in [0.1, 0.15) is 11.9 Å². The molecule has 1 aromatic heterocycles. The molecule has 1 aromatic carbocycles. The van der Waals surface area contributed by atoms with Crippen LogP contribution in [0.5, 0.6) is 0 Å². The number of pyridine rings is 1. The Morgan fingerprint density at radius 3 is 2.75 bits per heavy atom. The smallest absolute Gasteiger partial charge is 0.257 e. The van der Waals surface area contributed by atoms with Crippen LogP contribution in [0, 0.1) is 11.3 Å². The van der Waals surface area contributed by atoms with E-state index in [4.69, 9.17) is 5.26 Å². The normalized spacial score (nSPS) is 9.65. The Morgan fingerprint density at radius 2 is 2.15 bits per heavy atom. The number of amides is 1. The lowest BCUT2D eigenvalue weighted by atomic mass is 10.2. The number of hydrogen-bond acceptors (Lipinski definition) is 4. The van der Waals surface area contributed by atoms with Crippen LogP contribution in [0.3, 0.4) is 0 Å². The van der Waals surface area contributed by atoms with Gasteiger partial charge in [-0.25, -0.2) is 4.98 Å². The quantitative estimate of drug-likeness (QED) is 0.906. The number of nitrogens with one attached hydrogen (secondary N) is 2. The summed E-state index contributed by atoms with van der Waals surface area (Å²) >= 11 is 3.31. The van der Waals surface area contributed by atoms with E-state index < -0.39 is 0 Å². The van der Waals surface area contributed by atoms with Gasteiger partial charge in [0.15, 0.2) is 0 Å². The average Bonchev–Trinajstić information content (AvgIpc) is 2.47. The van der Waals surface area contributed by atoms with E-state index >= 15 is 0 Å². The predicted octanol–water partition coefficient (Wildman–Crippen LogP) is 3.01. The second-order valence-electron chi connectivity index (χ2n) is 3.94. The van der Waals surface area contributed by atoms with Crippen molar-refractivity contribution in [1.29, 1.82) is 5.26 Å². The molecule has 2 rings (SSSR count). The van der Waals surface area contributed by atoms with E-state index in [1.807, 2.05) is 6.07 Å². The van der Waals surface area contributed by atoms with Crippen LogP contribution in [-0.2, 0) is 0 Å². The summed E-state index contributed by atoms with van der Waals surface area (Å²) in [6.07, 6.45) is 1.48. The van der Waals surface area contributed by atoms with E-state index in [2.05, 4.69) is 31.5 Å². The number of rotatable bonds is 3. The van der Waals surface area contributed by atoms with Crippen LogP contribution in [0.2, 0.25) is 0 Å². The Bertz CT molecular complexity index is 677. The summed E-state index contributed by atoms with van der Waals surface area (Å²) in [5.74, 6) is 0.372. The van der Waals surface area contributed by atoms with Crippen molar-refractivity contribution in [3.63, 3.8) is 0 Å². The van der Waals surface area contributed by atoms with Gasteiger partial charge < -0.3 is 10.6 Å². The van der Waals surface area contributed by atoms with Crippen LogP contribution < -0.4 is 10.6 Å². The maximum absolute atomic E-state index is 12.1. The van der Waals surface area contributed by atoms with Crippen LogP contribution in [0.1, 0.15) is 15.9 Å². The van der Waals surface area contributed by atoms with Gasteiger partial charge in [-0.15, -0.1) is 0 Å². The van der Waals surface area contributed by atoms with Crippen LogP contribution in [0.25, 0.3) is 0 Å². The van der Waals surface area contributed by atoms with Gasteiger partial charge in [-0.1, -0.05) is 15.9 Å². The monoisotopic (exact) mass is 330 g/mol. The molecule has 0 unspecified atom stereocenters. The molecule has 0 aliphatic rings. The number of nitriles is 1. The highest BCUT2D eigenvalue weighted by molar-refractivity contribution is 9.10. The summed E-state index contributed by atoms with van der Waals surface area (Å²) in [7, 11) is 1.75. The van der Waals surface area contributed by atoms with Crippen LogP contribution >= 0.6 is 15.9 Å². The molecular weight excluding hydrogens is 320 g/mol. The van der Waals surface area contributed by atoms with Crippen molar-refractivity contribution in [2.45, 2.75) is 0 Å². The molecule has 0 saturated carbocycles. The minimum atomic E-state index is -0.310. The van der Waals surface area contributed by atoms with Gasteiger partial charge in [0.05, 0.1) is 16.8 Å². The summed E-state index contributed by atoms with van der Waals surface area (Å²) < 4.78 is 0.787. The van der Waals surface area contributed by atoms with Crippen LogP contribution in [0.15, 0.2) is 41.0 Å². The second-order valence-corrected chi connectivity index (χ2v) is 4.85. The van der Waals surface area contributed by atoms with Gasteiger partial charge in [0.25, 0.3) is 5.91 Å². The fraction of sp³-hybridized carbons (Fsp3) is 0.0714. The molecule has 100 valence electrons. The molecule has 0 atom stereocenters. The van der Waals surface area contributed by atoms with Gasteiger partial charge in [0, 0.05) is 17.7 Å². The summed E-state index contributed by atoms with van der Waals surface area (Å²) in [4.78, 5) is 16.2. The van der Waals surface area contributed by atoms with E-state index in [1.165, 1.54) is 6.20 Å². The third-order valence-electron chi connectivity index (χ3n) is 2.63. The molecule has 2 aromatic rings. The number of benzene rings is 1. The standard InChI is InChI=1S/C14H11BrN4O/c1-17-13-5-3-10(8-18-13)14(20)19-12-6-11(15)4-2-9(12)7-16/h2-6,8H,1H3,(H,17,18)(H,19,20). The molecule has 0 aliphatic heterocycles. The number of nitrogens with zero attached hydrogens (tertiary/aromatic N) is 2. The summed E-state index contributed by atoms with van der Waals surface area (Å²) in [6, 6.07) is 10.5. The molecule has 0 fully saturated rings. The lowest BCUT2D eigenvalue weighted by molar-refractivity contribution is 0.102. The molecule has 20 heavy (non-hydrogen) atoms. The summed E-state index contributed by atoms with van der Waals surface area (Å²) in [5, 5.41) is 14.6. The first-order chi connectivity index (χ1) is 9.63. The van der Waals surface area contributed by atoms with Crippen molar-refractivity contribution in [1.82, 2.24) is 4.98 Å². The first-order valence-electron chi connectivity index (χ1n) is 5.79. The summed E-state index contributed by atoms with van der Waals surface area (Å²) in [5.41, 5.74) is 1.29. The van der Waals surface area contributed by atoms with Crippen molar-refractivity contribution in [3.05, 3.63) is 52.1 Å². The van der Waals surface area contributed by atoms with Gasteiger partial charge in [-0.3, -0.25) is 4.79 Å². The Kier molecular flexibility index (Phi) is 4.33. The van der Waals surface area contributed by atoms with Crippen molar-refractivity contribution >= 4 is 33.3 Å². The molecule has 0 saturated heterocycles. The van der Waals surface area contributed by atoms with Gasteiger partial charge >= 0.3 is 0 Å². The van der Waals surface area contributed by atoms with Crippen molar-refractivity contribution in [2.75, 3.05) is 17.7 Å². The third kappa shape index (κ3) is 3.13. The molecule has 1 amide bonds. The zero-order valence-electron chi connectivity index (χ0n) is 10.6. The molecule has 0 spiro atoms. The van der Waals surface area contributed by atoms with Crippen molar-refractivity contribution < 1.29 is 4.79 Å². The van der Waals surface area contributed by atoms with E-state index in [9.17, 15) is 4.79 Å². The highest BCUT2D eigenvalue weighted by atomic mass is 79.9. The zero-order chi connectivity index (χ0) is 14.5. The maximum atomic E-state index is 12.1. The molecular formula is C14H11BrN4O. The van der Waals surface area contributed by atoms with Gasteiger partial charge in [0.2, 0.25) is 0 Å². The summed E-state index contributed by atoms with van der Waals surface area (Å²) in [6.45, 7) is 0. The minimum absolute atomic E-state index is 0.310. The Labute approximate surface area is 124 Å². The first-order valence-corrected chi connectivity index (χ1v) is 6.58. The maximum Gasteiger partial charge on any atom is 0.257 e. The molecule has 5 nitrogen and oxygen atoms in total. The molecule has 1 heterocycles. The average molecular weight is 331 g/mol. The Morgan fingerprint density at radius 1 is 1.35 bits per heavy atom. The lowest BCUT2D eigenvalue weighted by Gasteiger charge is -2.08. The number of halogens is 1. The number of aromatic nitrogens is 1. The number of hydrogen-bond donors (Lipinski definition) is 2. The molecule has 0 bridgehead atoms. The number of anilines is 2. The van der Waals surface area contributed by atoms with Crippen LogP contribution in [0.4, 0.5) is 11.5 Å². The molecule has 6 heteroatoms. The fourth-order valence-electron chi connectivity index (χ4n) is 1.59. The highest BCUT2D eigenvalue weighted by Gasteiger charge is 2.10. The molecule has 0 aliphatic carbocycles. The van der Waals surface area contributed by atoms with Crippen LogP contribution in [-0.4, -0.2) is 17.9 Å². The van der Waals surface area contributed by atoms with Gasteiger partial charge in [-0.05, 0) is 30.3 Å². The Balaban J connectivity index is 2.23. The largest absolute Gasteiger partial charge is 0.373 e. The van der Waals surface area contributed by atoms with E-state index in [1.54, 1.807) is 37.4 Å². The van der Waals surface area contributed by atoms with E-state index in [-0.39, 0.29) is 5.91 Å². The van der Waals surface area contributed by atoms with Crippen molar-refractivity contribution in [3.8, 4) is 6.07 Å². The first kappa shape index (κ1) is 14.0. The second kappa shape index (κ2) is 6.17. The van der Waals surface area contributed by atoms with E-state index in [0.29, 0.717) is 22.6 Å². The van der Waals surface area contributed by atoms with Crippen molar-refractivity contribution in [2.24, 2.45) is 0 Å². The SMILES string of the molecule is CNc1ccc(C(=O)Nc2cc(Br)ccc2C#N)cn1. The topological polar surface area (TPSA) is 77.8 Å². The predicted molar refractivity (Wildman–Crippen MR) is 80.6 cm³/mol. The lowest BCUT2D eigenvalue weighted by Crippen LogP contribution is -2.13. The minimum Gasteiger partial charge on any atom is -0.373 e. The Hall–Kier alpha value is -2.39. The number of carbonyl (C=O) groups is 1. The van der Waals surface area contributed by atoms with Gasteiger partial charge in [-0.2, -0.15) is 5.26 Å². The zero-order valence-corrected chi connectivity index (χ0v) is 12.2. The molecule has 2 N–H and O–H groups in total. The fourth-order valence-corrected chi connectivity index (χ4v) is 1.95. The third-order valence-corrected chi connectivity index (χ3v) is 3.13.